The van der Waals surface area contributed by atoms with E-state index in [1.165, 1.54) is 6.21 Å². The van der Waals surface area contributed by atoms with Gasteiger partial charge in [-0.25, -0.2) is 10.2 Å². The number of carbonyl (C=O) groups is 2. The van der Waals surface area contributed by atoms with Gasteiger partial charge in [0.15, 0.2) is 6.10 Å². The Morgan fingerprint density at radius 1 is 0.946 bits per heavy atom. The number of carbonyl (C=O) groups excluding carboxylic acids is 2. The number of hydrogen-bond donors (Lipinski definition) is 1. The Bertz CT molecular complexity index is 1440. The fourth-order valence-corrected chi connectivity index (χ4v) is 3.86. The van der Waals surface area contributed by atoms with E-state index < -0.39 is 18.0 Å². The predicted octanol–water partition coefficient (Wildman–Crippen LogP) is 6.14. The van der Waals surface area contributed by atoms with Gasteiger partial charge >= 0.3 is 5.97 Å². The Kier molecular flexibility index (Phi) is 8.53. The lowest BCUT2D eigenvalue weighted by atomic mass is 10.1. The van der Waals surface area contributed by atoms with Crippen molar-refractivity contribution in [2.75, 3.05) is 6.61 Å². The molecule has 0 radical (unpaired) electrons. The van der Waals surface area contributed by atoms with Gasteiger partial charge in [-0.15, -0.1) is 0 Å². The second kappa shape index (κ2) is 12.2. The standard InChI is InChI=1S/C29H25BrN2O5/c1-3-35-25-12-9-21(10-13-25)29(34)37-27-15-11-24(30)16-23(27)18-31-32-28(33)19(2)36-26-14-8-20-6-4-5-7-22(20)17-26/h4-19H,3H2,1-2H3,(H,32,33). The molecule has 1 unspecified atom stereocenters. The molecule has 4 rings (SSSR count). The van der Waals surface area contributed by atoms with Crippen LogP contribution in [-0.2, 0) is 4.79 Å². The number of halogens is 1. The molecule has 0 bridgehead atoms. The van der Waals surface area contributed by atoms with E-state index in [1.807, 2.05) is 49.4 Å². The Morgan fingerprint density at radius 2 is 1.68 bits per heavy atom. The van der Waals surface area contributed by atoms with Crippen LogP contribution in [0.25, 0.3) is 10.8 Å². The third kappa shape index (κ3) is 6.95. The van der Waals surface area contributed by atoms with Gasteiger partial charge < -0.3 is 14.2 Å². The van der Waals surface area contributed by atoms with Crippen molar-refractivity contribution in [3.63, 3.8) is 0 Å². The third-order valence-electron chi connectivity index (χ3n) is 5.36. The number of hydrogen-bond acceptors (Lipinski definition) is 6. The number of nitrogens with one attached hydrogen (secondary N) is 1. The van der Waals surface area contributed by atoms with Gasteiger partial charge in [-0.2, -0.15) is 5.10 Å². The summed E-state index contributed by atoms with van der Waals surface area (Å²) in [7, 11) is 0. The summed E-state index contributed by atoms with van der Waals surface area (Å²) in [4.78, 5) is 25.2. The average Bonchev–Trinajstić information content (AvgIpc) is 2.90. The fourth-order valence-electron chi connectivity index (χ4n) is 3.48. The molecule has 0 fully saturated rings. The highest BCUT2D eigenvalue weighted by atomic mass is 79.9. The van der Waals surface area contributed by atoms with Crippen LogP contribution < -0.4 is 19.6 Å². The number of nitrogens with zero attached hydrogens (tertiary/aromatic N) is 1. The normalized spacial score (nSPS) is 11.8. The van der Waals surface area contributed by atoms with E-state index in [1.54, 1.807) is 49.4 Å². The van der Waals surface area contributed by atoms with Crippen molar-refractivity contribution in [1.29, 1.82) is 0 Å². The maximum Gasteiger partial charge on any atom is 0.343 e. The van der Waals surface area contributed by atoms with Crippen LogP contribution in [0.15, 0.2) is 94.5 Å². The smallest absolute Gasteiger partial charge is 0.343 e. The molecule has 7 nitrogen and oxygen atoms in total. The molecule has 0 aliphatic heterocycles. The zero-order chi connectivity index (χ0) is 26.2. The van der Waals surface area contributed by atoms with Crippen molar-refractivity contribution in [2.45, 2.75) is 20.0 Å². The molecule has 37 heavy (non-hydrogen) atoms. The van der Waals surface area contributed by atoms with Crippen LogP contribution in [0.1, 0.15) is 29.8 Å². The summed E-state index contributed by atoms with van der Waals surface area (Å²) in [6, 6.07) is 25.4. The van der Waals surface area contributed by atoms with Crippen molar-refractivity contribution in [2.24, 2.45) is 5.10 Å². The Labute approximate surface area is 223 Å². The van der Waals surface area contributed by atoms with Gasteiger partial charge in [0.05, 0.1) is 18.4 Å². The third-order valence-corrected chi connectivity index (χ3v) is 5.85. The maximum atomic E-state index is 12.6. The van der Waals surface area contributed by atoms with Gasteiger partial charge in [0, 0.05) is 10.0 Å². The summed E-state index contributed by atoms with van der Waals surface area (Å²) < 4.78 is 17.5. The van der Waals surface area contributed by atoms with Crippen LogP contribution in [-0.4, -0.2) is 30.8 Å². The minimum absolute atomic E-state index is 0.292. The molecule has 4 aromatic carbocycles. The van der Waals surface area contributed by atoms with Crippen LogP contribution >= 0.6 is 15.9 Å². The van der Waals surface area contributed by atoms with Gasteiger partial charge in [0.2, 0.25) is 0 Å². The lowest BCUT2D eigenvalue weighted by Gasteiger charge is -2.13. The van der Waals surface area contributed by atoms with Crippen LogP contribution in [0.3, 0.4) is 0 Å². The Balaban J connectivity index is 1.39. The Morgan fingerprint density at radius 3 is 2.43 bits per heavy atom. The largest absolute Gasteiger partial charge is 0.494 e. The van der Waals surface area contributed by atoms with Crippen LogP contribution in [0.4, 0.5) is 0 Å². The zero-order valence-electron chi connectivity index (χ0n) is 20.3. The highest BCUT2D eigenvalue weighted by Crippen LogP contribution is 2.24. The lowest BCUT2D eigenvalue weighted by molar-refractivity contribution is -0.127. The first kappa shape index (κ1) is 25.9. The van der Waals surface area contributed by atoms with E-state index >= 15 is 0 Å². The first-order chi connectivity index (χ1) is 17.9. The lowest BCUT2D eigenvalue weighted by Crippen LogP contribution is -2.33. The highest BCUT2D eigenvalue weighted by molar-refractivity contribution is 9.10. The number of rotatable bonds is 9. The minimum atomic E-state index is -0.780. The summed E-state index contributed by atoms with van der Waals surface area (Å²) in [6.07, 6.45) is 0.629. The molecule has 0 spiro atoms. The van der Waals surface area contributed by atoms with Gasteiger partial charge in [-0.1, -0.05) is 46.3 Å². The molecule has 0 aromatic heterocycles. The van der Waals surface area contributed by atoms with E-state index in [0.29, 0.717) is 35.0 Å². The van der Waals surface area contributed by atoms with Crippen LogP contribution in [0.5, 0.6) is 17.2 Å². The molecule has 0 saturated heterocycles. The van der Waals surface area contributed by atoms with Gasteiger partial charge in [-0.3, -0.25) is 4.79 Å². The monoisotopic (exact) mass is 560 g/mol. The molecule has 1 amide bonds. The van der Waals surface area contributed by atoms with E-state index in [0.717, 1.165) is 15.2 Å². The van der Waals surface area contributed by atoms with Crippen molar-refractivity contribution in [1.82, 2.24) is 5.43 Å². The SMILES string of the molecule is CCOc1ccc(C(=O)Oc2ccc(Br)cc2C=NNC(=O)C(C)Oc2ccc3ccccc3c2)cc1. The zero-order valence-corrected chi connectivity index (χ0v) is 21.9. The molecule has 0 aliphatic rings. The van der Waals surface area contributed by atoms with Crippen molar-refractivity contribution >= 4 is 44.8 Å². The van der Waals surface area contributed by atoms with Gasteiger partial charge in [-0.05, 0) is 79.2 Å². The number of fused-ring (bicyclic) bond motifs is 1. The summed E-state index contributed by atoms with van der Waals surface area (Å²) in [5.74, 6) is 0.597. The van der Waals surface area contributed by atoms with Crippen LogP contribution in [0.2, 0.25) is 0 Å². The van der Waals surface area contributed by atoms with Crippen molar-refractivity contribution in [3.05, 3.63) is 101 Å². The quantitative estimate of drug-likeness (QED) is 0.115. The number of hydrazone groups is 1. The molecule has 8 heteroatoms. The predicted molar refractivity (Wildman–Crippen MR) is 146 cm³/mol. The summed E-state index contributed by atoms with van der Waals surface area (Å²) >= 11 is 3.40. The Hall–Kier alpha value is -4.17. The van der Waals surface area contributed by atoms with E-state index in [2.05, 4.69) is 26.5 Å². The first-order valence-corrected chi connectivity index (χ1v) is 12.4. The number of amides is 1. The van der Waals surface area contributed by atoms with E-state index in [9.17, 15) is 9.59 Å². The first-order valence-electron chi connectivity index (χ1n) is 11.7. The highest BCUT2D eigenvalue weighted by Gasteiger charge is 2.15. The van der Waals surface area contributed by atoms with Crippen molar-refractivity contribution < 1.29 is 23.8 Å². The van der Waals surface area contributed by atoms with Crippen LogP contribution in [0, 0.1) is 0 Å². The molecule has 188 valence electrons. The summed E-state index contributed by atoms with van der Waals surface area (Å²) in [6.45, 7) is 4.07. The minimum Gasteiger partial charge on any atom is -0.494 e. The molecule has 4 aromatic rings. The van der Waals surface area contributed by atoms with E-state index in [4.69, 9.17) is 14.2 Å². The van der Waals surface area contributed by atoms with E-state index in [-0.39, 0.29) is 0 Å². The number of benzene rings is 4. The molecule has 0 saturated carbocycles. The van der Waals surface area contributed by atoms with Gasteiger partial charge in [0.1, 0.15) is 17.2 Å². The van der Waals surface area contributed by atoms with Crippen molar-refractivity contribution in [3.8, 4) is 17.2 Å². The summed E-state index contributed by atoms with van der Waals surface area (Å²) in [5.41, 5.74) is 3.35. The fraction of sp³-hybridized carbons (Fsp3) is 0.138. The maximum absolute atomic E-state index is 12.6. The molecule has 0 heterocycles. The number of esters is 1. The number of ether oxygens (including phenoxy) is 3. The molecule has 1 atom stereocenters. The average molecular weight is 561 g/mol. The second-order valence-electron chi connectivity index (χ2n) is 8.03. The molecular formula is C29H25BrN2O5. The second-order valence-corrected chi connectivity index (χ2v) is 8.95. The molecule has 1 N–H and O–H groups in total. The summed E-state index contributed by atoms with van der Waals surface area (Å²) in [5, 5.41) is 6.14. The molecular weight excluding hydrogens is 536 g/mol. The molecule has 0 aliphatic carbocycles. The topological polar surface area (TPSA) is 86.2 Å². The van der Waals surface area contributed by atoms with Gasteiger partial charge in [0.25, 0.3) is 5.91 Å².